The van der Waals surface area contributed by atoms with Gasteiger partial charge in [0, 0.05) is 24.1 Å². The van der Waals surface area contributed by atoms with E-state index in [4.69, 9.17) is 14.6 Å². The third-order valence-electron chi connectivity index (χ3n) is 4.36. The zero-order valence-corrected chi connectivity index (χ0v) is 14.4. The number of ether oxygens (including phenoxy) is 2. The number of nitro benzene ring substituents is 1. The number of carbonyl (C=O) groups is 1. The van der Waals surface area contributed by atoms with Crippen molar-refractivity contribution in [2.45, 2.75) is 26.2 Å². The highest BCUT2D eigenvalue weighted by atomic mass is 16.6. The average molecular weight is 357 g/mol. The number of aromatic carboxylic acids is 1. The second-order valence-electron chi connectivity index (χ2n) is 6.19. The summed E-state index contributed by atoms with van der Waals surface area (Å²) in [4.78, 5) is 21.8. The molecule has 7 heteroatoms. The summed E-state index contributed by atoms with van der Waals surface area (Å²) in [5, 5.41) is 20.3. The Bertz CT molecular complexity index is 861. The Labute approximate surface area is 150 Å². The van der Waals surface area contributed by atoms with Crippen LogP contribution in [0.2, 0.25) is 0 Å². The second kappa shape index (κ2) is 7.43. The quantitative estimate of drug-likeness (QED) is 0.462. The van der Waals surface area contributed by atoms with Gasteiger partial charge >= 0.3 is 11.7 Å². The number of rotatable bonds is 7. The van der Waals surface area contributed by atoms with Gasteiger partial charge in [0.1, 0.15) is 5.75 Å². The lowest BCUT2D eigenvalue weighted by molar-refractivity contribution is -0.385. The normalized spacial score (nSPS) is 12.3. The molecule has 2 aromatic rings. The van der Waals surface area contributed by atoms with Crippen LogP contribution in [0.1, 0.15) is 33.5 Å². The number of hydrogen-bond donors (Lipinski definition) is 1. The molecule has 0 aliphatic carbocycles. The van der Waals surface area contributed by atoms with Gasteiger partial charge in [0.05, 0.1) is 23.7 Å². The number of nitrogens with zero attached hydrogens (tertiary/aromatic N) is 1. The van der Waals surface area contributed by atoms with Gasteiger partial charge in [-0.15, -0.1) is 0 Å². The van der Waals surface area contributed by atoms with Crippen LogP contribution in [0, 0.1) is 17.0 Å². The van der Waals surface area contributed by atoms with Crippen LogP contribution in [-0.2, 0) is 12.8 Å². The number of benzene rings is 2. The lowest BCUT2D eigenvalue weighted by atomic mass is 10.0. The number of hydrogen-bond acceptors (Lipinski definition) is 5. The molecule has 3 rings (SSSR count). The highest BCUT2D eigenvalue weighted by molar-refractivity contribution is 5.89. The molecule has 26 heavy (non-hydrogen) atoms. The van der Waals surface area contributed by atoms with E-state index < -0.39 is 10.9 Å². The molecule has 136 valence electrons. The van der Waals surface area contributed by atoms with E-state index in [0.717, 1.165) is 11.1 Å². The van der Waals surface area contributed by atoms with Crippen LogP contribution in [0.5, 0.6) is 11.5 Å². The second-order valence-corrected chi connectivity index (χ2v) is 6.19. The van der Waals surface area contributed by atoms with Gasteiger partial charge in [-0.2, -0.15) is 0 Å². The van der Waals surface area contributed by atoms with Gasteiger partial charge in [-0.1, -0.05) is 12.1 Å². The van der Waals surface area contributed by atoms with Crippen molar-refractivity contribution in [3.05, 3.63) is 62.7 Å². The van der Waals surface area contributed by atoms with E-state index in [1.807, 2.05) is 6.07 Å². The van der Waals surface area contributed by atoms with Gasteiger partial charge in [0.15, 0.2) is 0 Å². The molecule has 1 aliphatic heterocycles. The van der Waals surface area contributed by atoms with Gasteiger partial charge < -0.3 is 14.6 Å². The highest BCUT2D eigenvalue weighted by Crippen LogP contribution is 2.37. The number of aryl methyl sites for hydroxylation is 2. The highest BCUT2D eigenvalue weighted by Gasteiger charge is 2.23. The Morgan fingerprint density at radius 1 is 1.35 bits per heavy atom. The van der Waals surface area contributed by atoms with Gasteiger partial charge in [0.2, 0.25) is 5.75 Å². The molecule has 0 aromatic heterocycles. The van der Waals surface area contributed by atoms with Crippen LogP contribution >= 0.6 is 0 Å². The monoisotopic (exact) mass is 357 g/mol. The fourth-order valence-electron chi connectivity index (χ4n) is 3.03. The maximum absolute atomic E-state index is 11.2. The first-order chi connectivity index (χ1) is 12.5. The van der Waals surface area contributed by atoms with Crippen LogP contribution < -0.4 is 9.47 Å². The summed E-state index contributed by atoms with van der Waals surface area (Å²) < 4.78 is 11.1. The van der Waals surface area contributed by atoms with Crippen molar-refractivity contribution in [2.75, 3.05) is 13.2 Å². The first-order valence-corrected chi connectivity index (χ1v) is 8.35. The molecule has 7 nitrogen and oxygen atoms in total. The van der Waals surface area contributed by atoms with E-state index in [2.05, 4.69) is 0 Å². The lowest BCUT2D eigenvalue weighted by Gasteiger charge is -2.09. The van der Waals surface area contributed by atoms with Crippen molar-refractivity contribution in [2.24, 2.45) is 0 Å². The molecule has 0 saturated heterocycles. The zero-order valence-electron chi connectivity index (χ0n) is 14.4. The van der Waals surface area contributed by atoms with Crippen LogP contribution in [0.3, 0.4) is 0 Å². The summed E-state index contributed by atoms with van der Waals surface area (Å²) in [6.45, 7) is 2.61. The van der Waals surface area contributed by atoms with E-state index in [1.54, 1.807) is 25.1 Å². The predicted octanol–water partition coefficient (Wildman–Crippen LogP) is 3.55. The van der Waals surface area contributed by atoms with Crippen molar-refractivity contribution in [1.82, 2.24) is 0 Å². The molecular weight excluding hydrogens is 338 g/mol. The van der Waals surface area contributed by atoms with Crippen LogP contribution in [0.4, 0.5) is 5.69 Å². The maximum atomic E-state index is 11.2. The summed E-state index contributed by atoms with van der Waals surface area (Å²) in [5.41, 5.74) is 2.79. The number of carboxylic acids is 1. The molecular formula is C19H19NO6. The minimum atomic E-state index is -0.941. The zero-order chi connectivity index (χ0) is 18.7. The summed E-state index contributed by atoms with van der Waals surface area (Å²) in [6.07, 6.45) is 2.01. The van der Waals surface area contributed by atoms with Gasteiger partial charge in [-0.25, -0.2) is 4.79 Å². The summed E-state index contributed by atoms with van der Waals surface area (Å²) >= 11 is 0. The number of nitro groups is 1. The summed E-state index contributed by atoms with van der Waals surface area (Å²) in [5.74, 6) is -0.0814. The molecule has 0 saturated carbocycles. The number of carboxylic acid groups (broad SMARTS) is 1. The molecule has 1 N–H and O–H groups in total. The fourth-order valence-corrected chi connectivity index (χ4v) is 3.03. The molecule has 0 unspecified atom stereocenters. The lowest BCUT2D eigenvalue weighted by Crippen LogP contribution is -2.04. The smallest absolute Gasteiger partial charge is 0.335 e. The molecule has 0 spiro atoms. The summed E-state index contributed by atoms with van der Waals surface area (Å²) in [7, 11) is 0. The third-order valence-corrected chi connectivity index (χ3v) is 4.36. The Hall–Kier alpha value is -3.09. The molecule has 0 atom stereocenters. The fraction of sp³-hybridized carbons (Fsp3) is 0.316. The Kier molecular flexibility index (Phi) is 5.06. The SMILES string of the molecule is Cc1cc(CCCOc2cc3c(cc2[N+](=O)[O-])CCO3)ccc1C(=O)O. The van der Waals surface area contributed by atoms with Crippen LogP contribution in [0.25, 0.3) is 0 Å². The van der Waals surface area contributed by atoms with E-state index in [0.29, 0.717) is 49.4 Å². The molecule has 2 aromatic carbocycles. The minimum Gasteiger partial charge on any atom is -0.493 e. The van der Waals surface area contributed by atoms with E-state index in [9.17, 15) is 14.9 Å². The van der Waals surface area contributed by atoms with E-state index in [1.165, 1.54) is 6.07 Å². The van der Waals surface area contributed by atoms with Crippen molar-refractivity contribution in [3.8, 4) is 11.5 Å². The standard InChI is InChI=1S/C19H19NO6/c1-12-9-13(4-5-15(12)19(21)22)3-2-7-25-18-11-17-14(6-8-26-17)10-16(18)20(23)24/h4-5,9-11H,2-3,6-8H2,1H3,(H,21,22). The predicted molar refractivity (Wildman–Crippen MR) is 94.2 cm³/mol. The minimum absolute atomic E-state index is 0.0455. The molecule has 0 radical (unpaired) electrons. The van der Waals surface area contributed by atoms with Crippen molar-refractivity contribution < 1.29 is 24.3 Å². The Balaban J connectivity index is 1.61. The molecule has 1 aliphatic rings. The van der Waals surface area contributed by atoms with Crippen LogP contribution in [-0.4, -0.2) is 29.2 Å². The third kappa shape index (κ3) is 3.77. The van der Waals surface area contributed by atoms with Crippen molar-refractivity contribution in [1.29, 1.82) is 0 Å². The topological polar surface area (TPSA) is 98.9 Å². The van der Waals surface area contributed by atoms with Gasteiger partial charge in [-0.3, -0.25) is 10.1 Å². The average Bonchev–Trinajstić information content (AvgIpc) is 3.05. The molecule has 0 fully saturated rings. The first kappa shape index (κ1) is 17.7. The van der Waals surface area contributed by atoms with Crippen LogP contribution in [0.15, 0.2) is 30.3 Å². The number of fused-ring (bicyclic) bond motifs is 1. The van der Waals surface area contributed by atoms with Crippen molar-refractivity contribution >= 4 is 11.7 Å². The van der Waals surface area contributed by atoms with Gasteiger partial charge in [0.25, 0.3) is 0 Å². The van der Waals surface area contributed by atoms with E-state index in [-0.39, 0.29) is 11.4 Å². The Morgan fingerprint density at radius 2 is 2.15 bits per heavy atom. The first-order valence-electron chi connectivity index (χ1n) is 8.35. The largest absolute Gasteiger partial charge is 0.493 e. The maximum Gasteiger partial charge on any atom is 0.335 e. The molecule has 1 heterocycles. The van der Waals surface area contributed by atoms with E-state index >= 15 is 0 Å². The van der Waals surface area contributed by atoms with Gasteiger partial charge in [-0.05, 0) is 37.0 Å². The summed E-state index contributed by atoms with van der Waals surface area (Å²) in [6, 6.07) is 8.33. The van der Waals surface area contributed by atoms with Crippen molar-refractivity contribution in [3.63, 3.8) is 0 Å². The molecule has 0 bridgehead atoms. The Morgan fingerprint density at radius 3 is 2.85 bits per heavy atom. The molecule has 0 amide bonds.